The van der Waals surface area contributed by atoms with Crippen LogP contribution in [-0.4, -0.2) is 12.5 Å². The van der Waals surface area contributed by atoms with Crippen LogP contribution in [0.25, 0.3) is 5.57 Å². The predicted molar refractivity (Wildman–Crippen MR) is 61.4 cm³/mol. The molecule has 0 aromatic heterocycles. The Bertz CT molecular complexity index is 407. The molecule has 2 heteroatoms. The molecule has 0 atom stereocenters. The van der Waals surface area contributed by atoms with E-state index in [0.717, 1.165) is 12.0 Å². The van der Waals surface area contributed by atoms with E-state index in [1.165, 1.54) is 11.1 Å². The van der Waals surface area contributed by atoms with Crippen molar-refractivity contribution in [2.75, 3.05) is 6.54 Å². The van der Waals surface area contributed by atoms with Crippen molar-refractivity contribution in [3.63, 3.8) is 0 Å². The van der Waals surface area contributed by atoms with Crippen LogP contribution in [0.3, 0.4) is 0 Å². The molecule has 1 aliphatic rings. The molecule has 1 aromatic rings. The van der Waals surface area contributed by atoms with Crippen molar-refractivity contribution in [2.45, 2.75) is 19.8 Å². The van der Waals surface area contributed by atoms with Gasteiger partial charge in [0.2, 0.25) is 5.91 Å². The summed E-state index contributed by atoms with van der Waals surface area (Å²) in [6, 6.07) is 8.28. The van der Waals surface area contributed by atoms with Gasteiger partial charge in [-0.25, -0.2) is 0 Å². The molecule has 1 amide bonds. The van der Waals surface area contributed by atoms with Crippen LogP contribution in [0.1, 0.15) is 24.5 Å². The molecule has 2 rings (SSSR count). The number of hydrogen-bond acceptors (Lipinski definition) is 1. The van der Waals surface area contributed by atoms with E-state index in [1.807, 2.05) is 19.1 Å². The normalized spacial score (nSPS) is 13.3. The van der Waals surface area contributed by atoms with Gasteiger partial charge in [0.25, 0.3) is 0 Å². The van der Waals surface area contributed by atoms with E-state index in [-0.39, 0.29) is 5.91 Å². The Hall–Kier alpha value is -1.57. The van der Waals surface area contributed by atoms with Crippen molar-refractivity contribution in [3.05, 3.63) is 41.5 Å². The molecule has 0 radical (unpaired) electrons. The van der Waals surface area contributed by atoms with E-state index in [1.54, 1.807) is 0 Å². The minimum Gasteiger partial charge on any atom is -0.356 e. The first-order valence-electron chi connectivity index (χ1n) is 5.35. The summed E-state index contributed by atoms with van der Waals surface area (Å²) >= 11 is 0. The third kappa shape index (κ3) is 2.09. The van der Waals surface area contributed by atoms with E-state index >= 15 is 0 Å². The van der Waals surface area contributed by atoms with Gasteiger partial charge in [-0.3, -0.25) is 4.79 Å². The average Bonchev–Trinajstić information content (AvgIpc) is 2.62. The Balaban J connectivity index is 2.10. The summed E-state index contributed by atoms with van der Waals surface area (Å²) in [5.41, 5.74) is 3.73. The third-order valence-electron chi connectivity index (χ3n) is 2.66. The number of allylic oxidation sites excluding steroid dienone is 1. The molecule has 0 unspecified atom stereocenters. The molecule has 0 spiro atoms. The molecular formula is C13H15NO. The second-order valence-electron chi connectivity index (χ2n) is 3.72. The molecule has 1 N–H and O–H groups in total. The Morgan fingerprint density at radius 3 is 3.00 bits per heavy atom. The lowest BCUT2D eigenvalue weighted by Crippen LogP contribution is -2.22. The summed E-state index contributed by atoms with van der Waals surface area (Å²) in [5, 5.41) is 2.82. The van der Waals surface area contributed by atoms with Gasteiger partial charge in [-0.15, -0.1) is 0 Å². The highest BCUT2D eigenvalue weighted by Crippen LogP contribution is 2.29. The highest BCUT2D eigenvalue weighted by molar-refractivity contribution is 5.90. The Labute approximate surface area is 90.0 Å². The first kappa shape index (κ1) is 9.97. The molecule has 0 aliphatic heterocycles. The van der Waals surface area contributed by atoms with Crippen molar-refractivity contribution < 1.29 is 4.79 Å². The number of hydrogen-bond donors (Lipinski definition) is 1. The summed E-state index contributed by atoms with van der Waals surface area (Å²) in [5.74, 6) is 0.112. The minimum absolute atomic E-state index is 0.112. The largest absolute Gasteiger partial charge is 0.356 e. The fourth-order valence-electron chi connectivity index (χ4n) is 1.95. The van der Waals surface area contributed by atoms with E-state index in [0.29, 0.717) is 13.0 Å². The molecule has 0 fully saturated rings. The molecule has 15 heavy (non-hydrogen) atoms. The zero-order valence-corrected chi connectivity index (χ0v) is 8.92. The maximum absolute atomic E-state index is 11.5. The lowest BCUT2D eigenvalue weighted by atomic mass is 10.0. The first-order chi connectivity index (χ1) is 7.31. The van der Waals surface area contributed by atoms with Gasteiger partial charge >= 0.3 is 0 Å². The lowest BCUT2D eigenvalue weighted by molar-refractivity contribution is -0.119. The molecule has 1 aromatic carbocycles. The molecular weight excluding hydrogens is 186 g/mol. The Kier molecular flexibility index (Phi) is 2.86. The Morgan fingerprint density at radius 2 is 2.20 bits per heavy atom. The molecule has 0 saturated carbocycles. The maximum Gasteiger partial charge on any atom is 0.224 e. The summed E-state index contributed by atoms with van der Waals surface area (Å²) in [7, 11) is 0. The SMILES string of the molecule is CCNC(=O)CC1=CCc2ccccc21. The number of fused-ring (bicyclic) bond motifs is 1. The molecule has 0 heterocycles. The Morgan fingerprint density at radius 1 is 1.40 bits per heavy atom. The number of carbonyl (C=O) groups is 1. The zero-order valence-electron chi connectivity index (χ0n) is 8.92. The van der Waals surface area contributed by atoms with Crippen LogP contribution in [0.4, 0.5) is 0 Å². The van der Waals surface area contributed by atoms with E-state index < -0.39 is 0 Å². The average molecular weight is 201 g/mol. The van der Waals surface area contributed by atoms with Crippen LogP contribution in [-0.2, 0) is 11.2 Å². The number of amides is 1. The second-order valence-corrected chi connectivity index (χ2v) is 3.72. The molecule has 0 bridgehead atoms. The van der Waals surface area contributed by atoms with Crippen molar-refractivity contribution in [2.24, 2.45) is 0 Å². The highest BCUT2D eigenvalue weighted by Gasteiger charge is 2.15. The molecule has 0 saturated heterocycles. The first-order valence-corrected chi connectivity index (χ1v) is 5.35. The van der Waals surface area contributed by atoms with Gasteiger partial charge in [0.15, 0.2) is 0 Å². The van der Waals surface area contributed by atoms with Gasteiger partial charge in [0.1, 0.15) is 0 Å². The van der Waals surface area contributed by atoms with Gasteiger partial charge in [0, 0.05) is 6.54 Å². The van der Waals surface area contributed by atoms with Crippen LogP contribution >= 0.6 is 0 Å². The van der Waals surface area contributed by atoms with Crippen molar-refractivity contribution in [3.8, 4) is 0 Å². The smallest absolute Gasteiger partial charge is 0.224 e. The van der Waals surface area contributed by atoms with Crippen LogP contribution in [0.15, 0.2) is 30.3 Å². The topological polar surface area (TPSA) is 29.1 Å². The lowest BCUT2D eigenvalue weighted by Gasteiger charge is -2.05. The van der Waals surface area contributed by atoms with Gasteiger partial charge < -0.3 is 5.32 Å². The second kappa shape index (κ2) is 4.30. The minimum atomic E-state index is 0.112. The number of rotatable bonds is 3. The summed E-state index contributed by atoms with van der Waals surface area (Å²) in [4.78, 5) is 11.5. The maximum atomic E-state index is 11.5. The fourth-order valence-corrected chi connectivity index (χ4v) is 1.95. The summed E-state index contributed by atoms with van der Waals surface area (Å²) in [6.07, 6.45) is 3.62. The monoisotopic (exact) mass is 201 g/mol. The van der Waals surface area contributed by atoms with Crippen molar-refractivity contribution in [1.29, 1.82) is 0 Å². The zero-order chi connectivity index (χ0) is 10.7. The molecule has 78 valence electrons. The predicted octanol–water partition coefficient (Wildman–Crippen LogP) is 2.15. The van der Waals surface area contributed by atoms with E-state index in [9.17, 15) is 4.79 Å². The number of benzene rings is 1. The standard InChI is InChI=1S/C13H15NO/c1-2-14-13(15)9-11-8-7-10-5-3-4-6-12(10)11/h3-6,8H,2,7,9H2,1H3,(H,14,15). The van der Waals surface area contributed by atoms with E-state index in [4.69, 9.17) is 0 Å². The van der Waals surface area contributed by atoms with E-state index in [2.05, 4.69) is 23.5 Å². The molecule has 2 nitrogen and oxygen atoms in total. The number of carbonyl (C=O) groups excluding carboxylic acids is 1. The van der Waals surface area contributed by atoms with Crippen molar-refractivity contribution in [1.82, 2.24) is 5.32 Å². The summed E-state index contributed by atoms with van der Waals surface area (Å²) in [6.45, 7) is 2.64. The van der Waals surface area contributed by atoms with Crippen LogP contribution in [0.2, 0.25) is 0 Å². The van der Waals surface area contributed by atoms with Gasteiger partial charge in [-0.1, -0.05) is 30.3 Å². The highest BCUT2D eigenvalue weighted by atomic mass is 16.1. The van der Waals surface area contributed by atoms with Crippen molar-refractivity contribution >= 4 is 11.5 Å². The van der Waals surface area contributed by atoms with Crippen LogP contribution in [0.5, 0.6) is 0 Å². The summed E-state index contributed by atoms with van der Waals surface area (Å²) < 4.78 is 0. The van der Waals surface area contributed by atoms with Gasteiger partial charge in [-0.05, 0) is 30.0 Å². The van der Waals surface area contributed by atoms with Crippen LogP contribution in [0, 0.1) is 0 Å². The third-order valence-corrected chi connectivity index (χ3v) is 2.66. The fraction of sp³-hybridized carbons (Fsp3) is 0.308. The number of nitrogens with one attached hydrogen (secondary N) is 1. The molecule has 1 aliphatic carbocycles. The van der Waals surface area contributed by atoms with Gasteiger partial charge in [-0.2, -0.15) is 0 Å². The van der Waals surface area contributed by atoms with Crippen LogP contribution < -0.4 is 5.32 Å². The van der Waals surface area contributed by atoms with Gasteiger partial charge in [0.05, 0.1) is 6.42 Å². The quantitative estimate of drug-likeness (QED) is 0.797.